The van der Waals surface area contributed by atoms with Crippen LogP contribution < -0.4 is 5.32 Å². The van der Waals surface area contributed by atoms with Crippen molar-refractivity contribution < 1.29 is 9.47 Å². The van der Waals surface area contributed by atoms with E-state index in [-0.39, 0.29) is 0 Å². The molecule has 0 aliphatic rings. The zero-order valence-electron chi connectivity index (χ0n) is 10.4. The molecule has 1 aromatic rings. The molecule has 0 radical (unpaired) electrons. The summed E-state index contributed by atoms with van der Waals surface area (Å²) in [7, 11) is 3.41. The summed E-state index contributed by atoms with van der Waals surface area (Å²) in [5.41, 5.74) is 1.20. The highest BCUT2D eigenvalue weighted by atomic mass is 79.9. The average molecular weight is 306 g/mol. The van der Waals surface area contributed by atoms with Gasteiger partial charge in [-0.2, -0.15) is 5.10 Å². The van der Waals surface area contributed by atoms with Crippen LogP contribution in [0.15, 0.2) is 10.7 Å². The van der Waals surface area contributed by atoms with Crippen LogP contribution in [0.2, 0.25) is 0 Å². The zero-order chi connectivity index (χ0) is 12.5. The Morgan fingerprint density at radius 2 is 2.06 bits per heavy atom. The van der Waals surface area contributed by atoms with Gasteiger partial charge in [-0.15, -0.1) is 0 Å². The van der Waals surface area contributed by atoms with Gasteiger partial charge in [-0.25, -0.2) is 0 Å². The summed E-state index contributed by atoms with van der Waals surface area (Å²) in [6, 6.07) is 0. The molecule has 17 heavy (non-hydrogen) atoms. The molecule has 0 bridgehead atoms. The Labute approximate surface area is 111 Å². The first kappa shape index (κ1) is 14.6. The predicted molar refractivity (Wildman–Crippen MR) is 70.3 cm³/mol. The summed E-state index contributed by atoms with van der Waals surface area (Å²) >= 11 is 3.52. The van der Waals surface area contributed by atoms with Gasteiger partial charge in [0, 0.05) is 33.7 Å². The van der Waals surface area contributed by atoms with E-state index in [0.29, 0.717) is 6.61 Å². The topological polar surface area (TPSA) is 48.3 Å². The molecule has 0 aliphatic carbocycles. The molecular formula is C11H20BrN3O2. The summed E-state index contributed by atoms with van der Waals surface area (Å²) in [6.07, 6.45) is 2.77. The number of aromatic nitrogens is 2. The Kier molecular flexibility index (Phi) is 7.43. The number of rotatable bonds is 9. The molecule has 98 valence electrons. The fraction of sp³-hybridized carbons (Fsp3) is 0.727. The SMILES string of the molecule is COCCNCCc1c(Br)cnn1CCOC. The molecule has 5 nitrogen and oxygen atoms in total. The van der Waals surface area contributed by atoms with Crippen molar-refractivity contribution in [3.63, 3.8) is 0 Å². The standard InChI is InChI=1S/C11H20BrN3O2/c1-16-7-5-13-4-3-11-10(12)9-14-15(11)6-8-17-2/h9,13H,3-8H2,1-2H3. The van der Waals surface area contributed by atoms with Gasteiger partial charge in [0.15, 0.2) is 0 Å². The second-order valence-electron chi connectivity index (χ2n) is 3.65. The molecular weight excluding hydrogens is 286 g/mol. The fourth-order valence-corrected chi connectivity index (χ4v) is 2.01. The molecule has 1 rings (SSSR count). The second kappa shape index (κ2) is 8.63. The molecule has 0 unspecified atom stereocenters. The highest BCUT2D eigenvalue weighted by Crippen LogP contribution is 2.16. The molecule has 0 spiro atoms. The molecule has 6 heteroatoms. The van der Waals surface area contributed by atoms with Crippen LogP contribution in [0.25, 0.3) is 0 Å². The molecule has 0 aliphatic heterocycles. The quantitative estimate of drug-likeness (QED) is 0.693. The number of hydrogen-bond acceptors (Lipinski definition) is 4. The van der Waals surface area contributed by atoms with Gasteiger partial charge in [-0.1, -0.05) is 0 Å². The lowest BCUT2D eigenvalue weighted by atomic mass is 10.3. The van der Waals surface area contributed by atoms with Crippen LogP contribution in [-0.2, 0) is 22.4 Å². The van der Waals surface area contributed by atoms with Crippen LogP contribution in [-0.4, -0.2) is 50.3 Å². The lowest BCUT2D eigenvalue weighted by Crippen LogP contribution is -2.23. The van der Waals surface area contributed by atoms with Gasteiger partial charge < -0.3 is 14.8 Å². The Morgan fingerprint density at radius 3 is 2.76 bits per heavy atom. The molecule has 0 fully saturated rings. The minimum absolute atomic E-state index is 0.679. The number of ether oxygens (including phenoxy) is 2. The maximum Gasteiger partial charge on any atom is 0.0658 e. The smallest absolute Gasteiger partial charge is 0.0658 e. The van der Waals surface area contributed by atoms with E-state index >= 15 is 0 Å². The highest BCUT2D eigenvalue weighted by Gasteiger charge is 2.07. The van der Waals surface area contributed by atoms with Gasteiger partial charge in [0.25, 0.3) is 0 Å². The van der Waals surface area contributed by atoms with Crippen molar-refractivity contribution in [2.75, 3.05) is 40.5 Å². The van der Waals surface area contributed by atoms with E-state index in [4.69, 9.17) is 9.47 Å². The summed E-state index contributed by atoms with van der Waals surface area (Å²) in [4.78, 5) is 0. The molecule has 0 amide bonds. The van der Waals surface area contributed by atoms with Crippen LogP contribution >= 0.6 is 15.9 Å². The third-order valence-electron chi connectivity index (χ3n) is 2.43. The first-order valence-electron chi connectivity index (χ1n) is 5.68. The number of nitrogens with one attached hydrogen (secondary N) is 1. The second-order valence-corrected chi connectivity index (χ2v) is 4.50. The van der Waals surface area contributed by atoms with E-state index in [9.17, 15) is 0 Å². The molecule has 1 aromatic heterocycles. The maximum atomic E-state index is 5.06. The van der Waals surface area contributed by atoms with Crippen LogP contribution in [0.3, 0.4) is 0 Å². The monoisotopic (exact) mass is 305 g/mol. The van der Waals surface area contributed by atoms with Crippen molar-refractivity contribution in [1.82, 2.24) is 15.1 Å². The van der Waals surface area contributed by atoms with E-state index < -0.39 is 0 Å². The third kappa shape index (κ3) is 5.16. The summed E-state index contributed by atoms with van der Waals surface area (Å²) in [5.74, 6) is 0. The Balaban J connectivity index is 2.37. The van der Waals surface area contributed by atoms with E-state index in [2.05, 4.69) is 26.3 Å². The van der Waals surface area contributed by atoms with E-state index in [1.807, 2.05) is 10.9 Å². The van der Waals surface area contributed by atoms with Crippen LogP contribution in [0.4, 0.5) is 0 Å². The maximum absolute atomic E-state index is 5.06. The molecule has 0 saturated heterocycles. The van der Waals surface area contributed by atoms with Crippen molar-refractivity contribution in [3.05, 3.63) is 16.4 Å². The van der Waals surface area contributed by atoms with E-state index in [0.717, 1.165) is 37.1 Å². The number of methoxy groups -OCH3 is 2. The van der Waals surface area contributed by atoms with Gasteiger partial charge in [0.05, 0.1) is 36.1 Å². The lowest BCUT2D eigenvalue weighted by Gasteiger charge is -2.08. The van der Waals surface area contributed by atoms with Gasteiger partial charge in [0.2, 0.25) is 0 Å². The van der Waals surface area contributed by atoms with Gasteiger partial charge in [0.1, 0.15) is 0 Å². The van der Waals surface area contributed by atoms with E-state index in [1.54, 1.807) is 14.2 Å². The van der Waals surface area contributed by atoms with Crippen molar-refractivity contribution in [2.45, 2.75) is 13.0 Å². The normalized spacial score (nSPS) is 11.0. The molecule has 0 aromatic carbocycles. The average Bonchev–Trinajstić information content (AvgIpc) is 2.68. The van der Waals surface area contributed by atoms with E-state index in [1.165, 1.54) is 5.69 Å². The van der Waals surface area contributed by atoms with Gasteiger partial charge in [-0.05, 0) is 15.9 Å². The number of halogens is 1. The van der Waals surface area contributed by atoms with Crippen LogP contribution in [0.5, 0.6) is 0 Å². The molecule has 0 saturated carbocycles. The third-order valence-corrected chi connectivity index (χ3v) is 3.09. The summed E-state index contributed by atoms with van der Waals surface area (Å²) in [5, 5.41) is 7.62. The van der Waals surface area contributed by atoms with Crippen LogP contribution in [0, 0.1) is 0 Å². The Morgan fingerprint density at radius 1 is 1.29 bits per heavy atom. The first-order valence-corrected chi connectivity index (χ1v) is 6.47. The zero-order valence-corrected chi connectivity index (χ0v) is 12.0. The Hall–Kier alpha value is -0.430. The highest BCUT2D eigenvalue weighted by molar-refractivity contribution is 9.10. The molecule has 1 heterocycles. The van der Waals surface area contributed by atoms with Crippen molar-refractivity contribution >= 4 is 15.9 Å². The predicted octanol–water partition coefficient (Wildman–Crippen LogP) is 1.07. The number of nitrogens with zero attached hydrogens (tertiary/aromatic N) is 2. The Bertz CT molecular complexity index is 318. The minimum Gasteiger partial charge on any atom is -0.383 e. The number of hydrogen-bond donors (Lipinski definition) is 1. The summed E-state index contributed by atoms with van der Waals surface area (Å²) < 4.78 is 13.1. The fourth-order valence-electron chi connectivity index (χ4n) is 1.51. The first-order chi connectivity index (χ1) is 8.29. The lowest BCUT2D eigenvalue weighted by molar-refractivity contribution is 0.182. The summed E-state index contributed by atoms with van der Waals surface area (Å²) in [6.45, 7) is 4.00. The minimum atomic E-state index is 0.679. The molecule has 0 atom stereocenters. The van der Waals surface area contributed by atoms with Crippen molar-refractivity contribution in [3.8, 4) is 0 Å². The van der Waals surface area contributed by atoms with Crippen molar-refractivity contribution in [1.29, 1.82) is 0 Å². The molecule has 1 N–H and O–H groups in total. The largest absolute Gasteiger partial charge is 0.383 e. The van der Waals surface area contributed by atoms with Gasteiger partial charge in [-0.3, -0.25) is 4.68 Å². The van der Waals surface area contributed by atoms with Crippen LogP contribution in [0.1, 0.15) is 5.69 Å². The van der Waals surface area contributed by atoms with Gasteiger partial charge >= 0.3 is 0 Å². The van der Waals surface area contributed by atoms with Crippen molar-refractivity contribution in [2.24, 2.45) is 0 Å².